The van der Waals surface area contributed by atoms with E-state index >= 15 is 0 Å². The molecule has 98 valence electrons. The lowest BCUT2D eigenvalue weighted by Crippen LogP contribution is -2.37. The molecule has 1 fully saturated rings. The Morgan fingerprint density at radius 1 is 1.28 bits per heavy atom. The van der Waals surface area contributed by atoms with E-state index in [9.17, 15) is 9.18 Å². The van der Waals surface area contributed by atoms with Gasteiger partial charge in [0.05, 0.1) is 12.1 Å². The van der Waals surface area contributed by atoms with E-state index in [1.807, 2.05) is 7.05 Å². The molecule has 0 unspecified atom stereocenters. The Morgan fingerprint density at radius 3 is 2.61 bits per heavy atom. The first-order chi connectivity index (χ1) is 8.68. The lowest BCUT2D eigenvalue weighted by atomic mass is 9.94. The van der Waals surface area contributed by atoms with Gasteiger partial charge in [-0.3, -0.25) is 9.69 Å². The molecule has 0 aliphatic heterocycles. The number of benzene rings is 1. The van der Waals surface area contributed by atoms with Gasteiger partial charge in [-0.2, -0.15) is 0 Å². The normalized spacial score (nSPS) is 17.1. The largest absolute Gasteiger partial charge is 0.296 e. The number of carbonyl (C=O) groups is 1. The highest BCUT2D eigenvalue weighted by Gasteiger charge is 2.21. The van der Waals surface area contributed by atoms with Crippen LogP contribution in [0.5, 0.6) is 0 Å². The topological polar surface area (TPSA) is 20.3 Å². The Labute approximate surface area is 108 Å². The summed E-state index contributed by atoms with van der Waals surface area (Å²) in [4.78, 5) is 14.1. The number of nitrogens with zero attached hydrogens (tertiary/aromatic N) is 1. The van der Waals surface area contributed by atoms with E-state index in [0.29, 0.717) is 12.6 Å². The molecule has 0 aromatic heterocycles. The van der Waals surface area contributed by atoms with Crippen LogP contribution in [0.4, 0.5) is 4.39 Å². The Kier molecular flexibility index (Phi) is 4.48. The van der Waals surface area contributed by atoms with Gasteiger partial charge in [0.25, 0.3) is 0 Å². The molecule has 18 heavy (non-hydrogen) atoms. The molecular weight excluding hydrogens is 229 g/mol. The predicted molar refractivity (Wildman–Crippen MR) is 70.2 cm³/mol. The van der Waals surface area contributed by atoms with Crippen LogP contribution in [-0.4, -0.2) is 30.3 Å². The maximum Gasteiger partial charge on any atom is 0.179 e. The second-order valence-electron chi connectivity index (χ2n) is 5.11. The average Bonchev–Trinajstić information content (AvgIpc) is 2.40. The van der Waals surface area contributed by atoms with Gasteiger partial charge in [0.1, 0.15) is 5.82 Å². The molecule has 3 heteroatoms. The highest BCUT2D eigenvalue weighted by Crippen LogP contribution is 2.21. The molecule has 0 radical (unpaired) electrons. The van der Waals surface area contributed by atoms with Gasteiger partial charge in [-0.1, -0.05) is 31.4 Å². The summed E-state index contributed by atoms with van der Waals surface area (Å²) in [5.74, 6) is -0.541. The van der Waals surface area contributed by atoms with Crippen LogP contribution in [0.2, 0.25) is 0 Å². The van der Waals surface area contributed by atoms with E-state index in [4.69, 9.17) is 0 Å². The fourth-order valence-corrected chi connectivity index (χ4v) is 2.65. The van der Waals surface area contributed by atoms with Crippen LogP contribution in [0.15, 0.2) is 24.3 Å². The lowest BCUT2D eigenvalue weighted by molar-refractivity contribution is 0.0895. The summed E-state index contributed by atoms with van der Waals surface area (Å²) in [6, 6.07) is 6.70. The second-order valence-corrected chi connectivity index (χ2v) is 5.11. The van der Waals surface area contributed by atoms with Crippen molar-refractivity contribution in [3.63, 3.8) is 0 Å². The summed E-state index contributed by atoms with van der Waals surface area (Å²) in [6.07, 6.45) is 6.08. The quantitative estimate of drug-likeness (QED) is 0.763. The SMILES string of the molecule is CN(CC(=O)c1ccccc1F)C1CCCCC1. The second kappa shape index (κ2) is 6.10. The minimum Gasteiger partial charge on any atom is -0.296 e. The number of hydrogen-bond donors (Lipinski definition) is 0. The molecular formula is C15H20FNO. The fourth-order valence-electron chi connectivity index (χ4n) is 2.65. The Bertz CT molecular complexity index is 413. The summed E-state index contributed by atoms with van der Waals surface area (Å²) in [7, 11) is 1.97. The zero-order valence-corrected chi connectivity index (χ0v) is 10.9. The molecule has 1 aromatic rings. The van der Waals surface area contributed by atoms with Crippen LogP contribution in [-0.2, 0) is 0 Å². The van der Waals surface area contributed by atoms with E-state index in [-0.39, 0.29) is 11.3 Å². The van der Waals surface area contributed by atoms with Crippen molar-refractivity contribution in [1.82, 2.24) is 4.90 Å². The molecule has 0 heterocycles. The zero-order chi connectivity index (χ0) is 13.0. The third-order valence-corrected chi connectivity index (χ3v) is 3.77. The van der Waals surface area contributed by atoms with Crippen molar-refractivity contribution >= 4 is 5.78 Å². The Morgan fingerprint density at radius 2 is 1.94 bits per heavy atom. The van der Waals surface area contributed by atoms with Gasteiger partial charge < -0.3 is 0 Å². The molecule has 2 rings (SSSR count). The summed E-state index contributed by atoms with van der Waals surface area (Å²) >= 11 is 0. The van der Waals surface area contributed by atoms with Crippen molar-refractivity contribution in [3.8, 4) is 0 Å². The third-order valence-electron chi connectivity index (χ3n) is 3.77. The number of hydrogen-bond acceptors (Lipinski definition) is 2. The van der Waals surface area contributed by atoms with Crippen LogP contribution in [0.3, 0.4) is 0 Å². The maximum absolute atomic E-state index is 13.5. The molecule has 1 aromatic carbocycles. The number of likely N-dealkylation sites (N-methyl/N-ethyl adjacent to an activating group) is 1. The summed E-state index contributed by atoms with van der Waals surface area (Å²) in [6.45, 7) is 0.311. The summed E-state index contributed by atoms with van der Waals surface area (Å²) < 4.78 is 13.5. The molecule has 0 spiro atoms. The number of carbonyl (C=O) groups excluding carboxylic acids is 1. The van der Waals surface area contributed by atoms with Crippen molar-refractivity contribution in [2.45, 2.75) is 38.1 Å². The van der Waals surface area contributed by atoms with Gasteiger partial charge in [0.15, 0.2) is 5.78 Å². The minimum atomic E-state index is -0.417. The summed E-state index contributed by atoms with van der Waals surface area (Å²) in [5, 5.41) is 0. The van der Waals surface area contributed by atoms with E-state index in [0.717, 1.165) is 12.8 Å². The van der Waals surface area contributed by atoms with Crippen molar-refractivity contribution in [2.75, 3.05) is 13.6 Å². The molecule has 1 aliphatic rings. The van der Waals surface area contributed by atoms with Gasteiger partial charge >= 0.3 is 0 Å². The molecule has 0 bridgehead atoms. The van der Waals surface area contributed by atoms with Crippen LogP contribution in [0.25, 0.3) is 0 Å². The smallest absolute Gasteiger partial charge is 0.179 e. The van der Waals surface area contributed by atoms with Crippen molar-refractivity contribution < 1.29 is 9.18 Å². The van der Waals surface area contributed by atoms with Gasteiger partial charge in [0, 0.05) is 6.04 Å². The predicted octanol–water partition coefficient (Wildman–Crippen LogP) is 3.27. The molecule has 0 atom stereocenters. The number of ketones is 1. The van der Waals surface area contributed by atoms with Crippen LogP contribution < -0.4 is 0 Å². The number of Topliss-reactive ketones (excluding diaryl/α,β-unsaturated/α-hetero) is 1. The average molecular weight is 249 g/mol. The Hall–Kier alpha value is -1.22. The first-order valence-corrected chi connectivity index (χ1v) is 6.66. The van der Waals surface area contributed by atoms with Crippen molar-refractivity contribution in [2.24, 2.45) is 0 Å². The zero-order valence-electron chi connectivity index (χ0n) is 10.9. The number of rotatable bonds is 4. The molecule has 0 N–H and O–H groups in total. The Balaban J connectivity index is 1.96. The van der Waals surface area contributed by atoms with Crippen LogP contribution in [0.1, 0.15) is 42.5 Å². The minimum absolute atomic E-state index is 0.124. The van der Waals surface area contributed by atoms with Crippen molar-refractivity contribution in [1.29, 1.82) is 0 Å². The first kappa shape index (κ1) is 13.2. The lowest BCUT2D eigenvalue weighted by Gasteiger charge is -2.30. The van der Waals surface area contributed by atoms with Crippen LogP contribution >= 0.6 is 0 Å². The van der Waals surface area contributed by atoms with Gasteiger partial charge in [-0.05, 0) is 32.0 Å². The molecule has 1 saturated carbocycles. The van der Waals surface area contributed by atoms with Gasteiger partial charge in [0.2, 0.25) is 0 Å². The molecule has 0 amide bonds. The van der Waals surface area contributed by atoms with E-state index in [2.05, 4.69) is 4.90 Å². The number of halogens is 1. The standard InChI is InChI=1S/C15H20FNO/c1-17(12-7-3-2-4-8-12)11-15(18)13-9-5-6-10-14(13)16/h5-6,9-10,12H,2-4,7-8,11H2,1H3. The maximum atomic E-state index is 13.5. The van der Waals surface area contributed by atoms with E-state index in [1.165, 1.54) is 25.3 Å². The van der Waals surface area contributed by atoms with Gasteiger partial charge in [-0.15, -0.1) is 0 Å². The van der Waals surface area contributed by atoms with Crippen LogP contribution in [0, 0.1) is 5.82 Å². The monoisotopic (exact) mass is 249 g/mol. The third kappa shape index (κ3) is 3.16. The highest BCUT2D eigenvalue weighted by molar-refractivity contribution is 5.97. The van der Waals surface area contributed by atoms with E-state index in [1.54, 1.807) is 18.2 Å². The highest BCUT2D eigenvalue weighted by atomic mass is 19.1. The van der Waals surface area contributed by atoms with Crippen molar-refractivity contribution in [3.05, 3.63) is 35.6 Å². The molecule has 2 nitrogen and oxygen atoms in total. The summed E-state index contributed by atoms with van der Waals surface area (Å²) in [5.41, 5.74) is 0.208. The van der Waals surface area contributed by atoms with Gasteiger partial charge in [-0.25, -0.2) is 4.39 Å². The molecule has 1 aliphatic carbocycles. The fraction of sp³-hybridized carbons (Fsp3) is 0.533. The first-order valence-electron chi connectivity index (χ1n) is 6.66. The molecule has 0 saturated heterocycles. The van der Waals surface area contributed by atoms with E-state index < -0.39 is 5.82 Å².